The summed E-state index contributed by atoms with van der Waals surface area (Å²) in [5.74, 6) is 1.12. The second kappa shape index (κ2) is 7.63. The summed E-state index contributed by atoms with van der Waals surface area (Å²) in [4.78, 5) is 24.0. The third-order valence-electron chi connectivity index (χ3n) is 2.71. The molecule has 5 nitrogen and oxygen atoms in total. The summed E-state index contributed by atoms with van der Waals surface area (Å²) >= 11 is 0. The number of rotatable bonds is 4. The molecule has 0 radical (unpaired) electrons. The first-order valence-electron chi connectivity index (χ1n) is 7.12. The standard InChI is InChI=1S/C17H21FN2O3/c1-6-7-13(20-16(22)23-17(3,4)5)15(21)19-14-10-11(2)8-9-12(14)18/h1,8-10,13H,7H2,2-5H3,(H,19,21)(H,20,22). The van der Waals surface area contributed by atoms with Gasteiger partial charge in [-0.05, 0) is 45.4 Å². The minimum atomic E-state index is -1.02. The quantitative estimate of drug-likeness (QED) is 0.838. The number of alkyl carbamates (subject to hydrolysis) is 1. The fraction of sp³-hybridized carbons (Fsp3) is 0.412. The Morgan fingerprint density at radius 2 is 2.04 bits per heavy atom. The van der Waals surface area contributed by atoms with Gasteiger partial charge in [0.05, 0.1) is 5.69 Å². The number of hydrogen-bond donors (Lipinski definition) is 2. The van der Waals surface area contributed by atoms with Gasteiger partial charge in [0.1, 0.15) is 17.5 Å². The SMILES string of the molecule is C#CCC(NC(=O)OC(C)(C)C)C(=O)Nc1cc(C)ccc1F. The zero-order chi connectivity index (χ0) is 17.6. The van der Waals surface area contributed by atoms with Crippen LogP contribution in [0, 0.1) is 25.1 Å². The molecule has 0 bridgehead atoms. The lowest BCUT2D eigenvalue weighted by atomic mass is 10.1. The molecule has 1 rings (SSSR count). The fourth-order valence-electron chi connectivity index (χ4n) is 1.73. The molecular weight excluding hydrogens is 299 g/mol. The zero-order valence-electron chi connectivity index (χ0n) is 13.7. The van der Waals surface area contributed by atoms with E-state index < -0.39 is 29.5 Å². The normalized spacial score (nSPS) is 12.0. The topological polar surface area (TPSA) is 67.4 Å². The molecule has 0 fully saturated rings. The van der Waals surface area contributed by atoms with Crippen LogP contribution in [0.15, 0.2) is 18.2 Å². The molecular formula is C17H21FN2O3. The Kier molecular flexibility index (Phi) is 6.14. The summed E-state index contributed by atoms with van der Waals surface area (Å²) in [6.45, 7) is 6.87. The van der Waals surface area contributed by atoms with Crippen molar-refractivity contribution in [1.82, 2.24) is 5.32 Å². The van der Waals surface area contributed by atoms with Gasteiger partial charge >= 0.3 is 6.09 Å². The maximum absolute atomic E-state index is 13.7. The third kappa shape index (κ3) is 6.39. The molecule has 124 valence electrons. The Labute approximate surface area is 135 Å². The van der Waals surface area contributed by atoms with Crippen LogP contribution in [-0.2, 0) is 9.53 Å². The van der Waals surface area contributed by atoms with Gasteiger partial charge in [0.15, 0.2) is 0 Å². The van der Waals surface area contributed by atoms with Crippen LogP contribution >= 0.6 is 0 Å². The van der Waals surface area contributed by atoms with Crippen LogP contribution in [-0.4, -0.2) is 23.6 Å². The number of hydrogen-bond acceptors (Lipinski definition) is 3. The number of terminal acetylenes is 1. The molecule has 2 amide bonds. The number of amides is 2. The Hall–Kier alpha value is -2.55. The molecule has 0 spiro atoms. The largest absolute Gasteiger partial charge is 0.444 e. The number of halogens is 1. The van der Waals surface area contributed by atoms with Crippen molar-refractivity contribution in [2.24, 2.45) is 0 Å². The van der Waals surface area contributed by atoms with Gasteiger partial charge in [-0.15, -0.1) is 12.3 Å². The summed E-state index contributed by atoms with van der Waals surface area (Å²) in [6.07, 6.45) is 4.41. The highest BCUT2D eigenvalue weighted by Gasteiger charge is 2.24. The highest BCUT2D eigenvalue weighted by Crippen LogP contribution is 2.16. The summed E-state index contributed by atoms with van der Waals surface area (Å²) in [5, 5.41) is 4.81. The third-order valence-corrected chi connectivity index (χ3v) is 2.71. The molecule has 1 aromatic carbocycles. The van der Waals surface area contributed by atoms with Crippen LogP contribution in [0.3, 0.4) is 0 Å². The van der Waals surface area contributed by atoms with E-state index in [0.29, 0.717) is 0 Å². The smallest absolute Gasteiger partial charge is 0.408 e. The van der Waals surface area contributed by atoms with E-state index in [1.54, 1.807) is 33.8 Å². The van der Waals surface area contributed by atoms with E-state index in [-0.39, 0.29) is 12.1 Å². The highest BCUT2D eigenvalue weighted by atomic mass is 19.1. The molecule has 1 unspecified atom stereocenters. The Morgan fingerprint density at radius 3 is 2.61 bits per heavy atom. The lowest BCUT2D eigenvalue weighted by Crippen LogP contribution is -2.45. The van der Waals surface area contributed by atoms with E-state index in [9.17, 15) is 14.0 Å². The van der Waals surface area contributed by atoms with Crippen molar-refractivity contribution in [1.29, 1.82) is 0 Å². The zero-order valence-corrected chi connectivity index (χ0v) is 13.7. The molecule has 0 aliphatic rings. The number of aryl methyl sites for hydroxylation is 1. The predicted molar refractivity (Wildman–Crippen MR) is 86.4 cm³/mol. The van der Waals surface area contributed by atoms with Crippen LogP contribution in [0.25, 0.3) is 0 Å². The minimum Gasteiger partial charge on any atom is -0.444 e. The van der Waals surface area contributed by atoms with E-state index in [0.717, 1.165) is 5.56 Å². The van der Waals surface area contributed by atoms with Gasteiger partial charge in [-0.2, -0.15) is 0 Å². The molecule has 0 saturated carbocycles. The number of ether oxygens (including phenoxy) is 1. The number of anilines is 1. The van der Waals surface area contributed by atoms with Gasteiger partial charge in [-0.1, -0.05) is 6.07 Å². The number of nitrogens with one attached hydrogen (secondary N) is 2. The molecule has 0 heterocycles. The minimum absolute atomic E-state index is 0.0306. The van der Waals surface area contributed by atoms with Crippen molar-refractivity contribution in [2.75, 3.05) is 5.32 Å². The van der Waals surface area contributed by atoms with Crippen molar-refractivity contribution >= 4 is 17.7 Å². The first kappa shape index (κ1) is 18.5. The van der Waals surface area contributed by atoms with Crippen molar-refractivity contribution < 1.29 is 18.7 Å². The van der Waals surface area contributed by atoms with Crippen LogP contribution in [0.1, 0.15) is 32.8 Å². The van der Waals surface area contributed by atoms with E-state index in [4.69, 9.17) is 11.2 Å². The molecule has 2 N–H and O–H groups in total. The van der Waals surface area contributed by atoms with Gasteiger partial charge in [0.2, 0.25) is 5.91 Å². The Bertz CT molecular complexity index is 630. The predicted octanol–water partition coefficient (Wildman–Crippen LogP) is 2.99. The van der Waals surface area contributed by atoms with E-state index in [2.05, 4.69) is 16.6 Å². The molecule has 0 aromatic heterocycles. The molecule has 1 atom stereocenters. The lowest BCUT2D eigenvalue weighted by molar-refractivity contribution is -0.118. The average Bonchev–Trinajstić information content (AvgIpc) is 2.40. The van der Waals surface area contributed by atoms with E-state index in [1.807, 2.05) is 0 Å². The fourth-order valence-corrected chi connectivity index (χ4v) is 1.73. The van der Waals surface area contributed by atoms with Crippen molar-refractivity contribution in [3.05, 3.63) is 29.6 Å². The summed E-state index contributed by atoms with van der Waals surface area (Å²) in [6, 6.07) is 3.31. The van der Waals surface area contributed by atoms with Crippen molar-refractivity contribution in [2.45, 2.75) is 45.8 Å². The second-order valence-corrected chi connectivity index (χ2v) is 6.08. The van der Waals surface area contributed by atoms with Gasteiger partial charge < -0.3 is 15.4 Å². The highest BCUT2D eigenvalue weighted by molar-refractivity contribution is 5.96. The maximum Gasteiger partial charge on any atom is 0.408 e. The number of carbonyl (C=O) groups excluding carboxylic acids is 2. The summed E-state index contributed by atoms with van der Waals surface area (Å²) in [5.41, 5.74) is 0.113. The molecule has 0 aliphatic carbocycles. The van der Waals surface area contributed by atoms with Gasteiger partial charge in [-0.3, -0.25) is 4.79 Å². The van der Waals surface area contributed by atoms with Crippen LogP contribution in [0.2, 0.25) is 0 Å². The lowest BCUT2D eigenvalue weighted by Gasteiger charge is -2.22. The molecule has 0 saturated heterocycles. The maximum atomic E-state index is 13.7. The summed E-state index contributed by atoms with van der Waals surface area (Å²) in [7, 11) is 0. The van der Waals surface area contributed by atoms with E-state index >= 15 is 0 Å². The van der Waals surface area contributed by atoms with E-state index in [1.165, 1.54) is 12.1 Å². The molecule has 23 heavy (non-hydrogen) atoms. The summed E-state index contributed by atoms with van der Waals surface area (Å²) < 4.78 is 18.8. The first-order valence-corrected chi connectivity index (χ1v) is 7.12. The van der Waals surface area contributed by atoms with Crippen LogP contribution in [0.5, 0.6) is 0 Å². The first-order chi connectivity index (χ1) is 10.6. The molecule has 0 aliphatic heterocycles. The number of benzene rings is 1. The molecule has 6 heteroatoms. The monoisotopic (exact) mass is 320 g/mol. The second-order valence-electron chi connectivity index (χ2n) is 6.08. The van der Waals surface area contributed by atoms with Crippen LogP contribution in [0.4, 0.5) is 14.9 Å². The van der Waals surface area contributed by atoms with Gasteiger partial charge in [0, 0.05) is 6.42 Å². The van der Waals surface area contributed by atoms with Crippen molar-refractivity contribution in [3.8, 4) is 12.3 Å². The van der Waals surface area contributed by atoms with Crippen molar-refractivity contribution in [3.63, 3.8) is 0 Å². The van der Waals surface area contributed by atoms with Crippen LogP contribution < -0.4 is 10.6 Å². The van der Waals surface area contributed by atoms with Gasteiger partial charge in [0.25, 0.3) is 0 Å². The molecule has 1 aromatic rings. The number of carbonyl (C=O) groups is 2. The average molecular weight is 320 g/mol. The van der Waals surface area contributed by atoms with Gasteiger partial charge in [-0.25, -0.2) is 9.18 Å². The Morgan fingerprint density at radius 1 is 1.39 bits per heavy atom. The Balaban J connectivity index is 2.80.